The van der Waals surface area contributed by atoms with Crippen molar-refractivity contribution in [3.8, 4) is 0 Å². The van der Waals surface area contributed by atoms with Crippen LogP contribution in [0.3, 0.4) is 0 Å². The van der Waals surface area contributed by atoms with Gasteiger partial charge in [-0.05, 0) is 152 Å². The van der Waals surface area contributed by atoms with E-state index in [4.69, 9.17) is 0 Å². The van der Waals surface area contributed by atoms with Crippen molar-refractivity contribution in [3.63, 3.8) is 0 Å². The lowest BCUT2D eigenvalue weighted by Gasteiger charge is -2.72. The molecule has 6 aliphatic carbocycles. The van der Waals surface area contributed by atoms with Gasteiger partial charge in [-0.2, -0.15) is 0 Å². The molecule has 8 rings (SSSR count). The van der Waals surface area contributed by atoms with Crippen LogP contribution < -0.4 is 5.32 Å². The molecule has 9 unspecified atom stereocenters. The lowest BCUT2D eigenvalue weighted by molar-refractivity contribution is -0.219. The largest absolute Gasteiger partial charge is 0.478 e. The molecule has 1 amide bonds. The molecule has 9 atom stereocenters. The number of carbonyl (C=O) groups excluding carboxylic acids is 1. The smallest absolute Gasteiger partial charge is 0.335 e. The Labute approximate surface area is 314 Å². The summed E-state index contributed by atoms with van der Waals surface area (Å²) in [7, 11) is 0. The normalized spacial score (nSPS) is 41.2. The first-order valence-electron chi connectivity index (χ1n) is 21.1. The number of allylic oxidation sites excluding steroid dienone is 3. The van der Waals surface area contributed by atoms with E-state index in [0.29, 0.717) is 57.8 Å². The number of carboxylic acids is 1. The van der Waals surface area contributed by atoms with E-state index in [0.717, 1.165) is 58.5 Å². The van der Waals surface area contributed by atoms with E-state index in [1.807, 2.05) is 12.1 Å². The Morgan fingerprint density at radius 2 is 1.56 bits per heavy atom. The molecule has 0 spiro atoms. The number of nitrogens with one attached hydrogen (secondary N) is 1. The molecule has 5 saturated carbocycles. The Morgan fingerprint density at radius 1 is 0.846 bits per heavy atom. The second kappa shape index (κ2) is 12.8. The summed E-state index contributed by atoms with van der Waals surface area (Å²) in [5.74, 6) is 3.15. The van der Waals surface area contributed by atoms with E-state index >= 15 is 0 Å². The van der Waals surface area contributed by atoms with Gasteiger partial charge in [0.1, 0.15) is 0 Å². The predicted molar refractivity (Wildman–Crippen MR) is 210 cm³/mol. The van der Waals surface area contributed by atoms with Crippen LogP contribution in [0.15, 0.2) is 42.5 Å². The predicted octanol–water partition coefficient (Wildman–Crippen LogP) is 8.93. The first kappa shape index (κ1) is 36.5. The Kier molecular flexibility index (Phi) is 9.01. The average molecular weight is 710 g/mol. The number of aromatic carboxylic acids is 1. The van der Waals surface area contributed by atoms with Crippen molar-refractivity contribution in [2.75, 3.05) is 39.3 Å². The zero-order valence-corrected chi connectivity index (χ0v) is 33.2. The van der Waals surface area contributed by atoms with Gasteiger partial charge in [0, 0.05) is 50.7 Å². The lowest BCUT2D eigenvalue weighted by atomic mass is 9.33. The van der Waals surface area contributed by atoms with Gasteiger partial charge in [-0.15, -0.1) is 0 Å². The van der Waals surface area contributed by atoms with E-state index in [1.54, 1.807) is 12.1 Å². The monoisotopic (exact) mass is 710 g/mol. The minimum atomic E-state index is -0.859. The van der Waals surface area contributed by atoms with Gasteiger partial charge in [-0.3, -0.25) is 9.69 Å². The molecule has 1 aliphatic heterocycles. The van der Waals surface area contributed by atoms with Crippen LogP contribution in [0.2, 0.25) is 0 Å². The molecule has 6 nitrogen and oxygen atoms in total. The first-order chi connectivity index (χ1) is 24.6. The summed E-state index contributed by atoms with van der Waals surface area (Å²) < 4.78 is 0. The number of hydrogen-bond acceptors (Lipinski definition) is 4. The van der Waals surface area contributed by atoms with Crippen molar-refractivity contribution in [3.05, 3.63) is 53.6 Å². The minimum absolute atomic E-state index is 0.0261. The van der Waals surface area contributed by atoms with Crippen molar-refractivity contribution in [1.82, 2.24) is 15.1 Å². The number of fused-ring (bicyclic) bond motifs is 7. The van der Waals surface area contributed by atoms with Gasteiger partial charge < -0.3 is 15.3 Å². The topological polar surface area (TPSA) is 72.9 Å². The third-order valence-corrected chi connectivity index (χ3v) is 17.6. The average Bonchev–Trinajstić information content (AvgIpc) is 3.89. The second-order valence-corrected chi connectivity index (χ2v) is 20.1. The first-order valence-corrected chi connectivity index (χ1v) is 21.1. The fraction of sp³-hybridized carbons (Fsp3) is 0.739. The van der Waals surface area contributed by atoms with E-state index in [2.05, 4.69) is 69.3 Å². The maximum absolute atomic E-state index is 12.6. The SMILES string of the molecule is C=C(C)C1CCC2(NCCN3CCN(C(=O)C4CC4)CC3)CCC3(C)C(CCC4C5(C)CC=C(c6ccc(C(=O)O)cc6)C(C)(C)C5CCC43C)C12. The van der Waals surface area contributed by atoms with E-state index in [1.165, 1.54) is 68.1 Å². The second-order valence-electron chi connectivity index (χ2n) is 20.1. The third kappa shape index (κ3) is 5.53. The van der Waals surface area contributed by atoms with Gasteiger partial charge in [0.2, 0.25) is 5.91 Å². The standard InChI is InChI=1S/C46H67N3O3/c1-30(2)34-16-21-46(47-24-25-48-26-28-49(29-27-48)40(50)32-10-11-32)23-22-44(6)36(39(34)46)14-15-38-43(5)19-17-35(31-8-12-33(13-9-31)41(51)52)42(3,4)37(43)18-20-45(38,44)7/h8-9,12-13,17,32,34,36-39,47H,1,10-11,14-16,18-29H2,2-7H3,(H,51,52). The highest BCUT2D eigenvalue weighted by molar-refractivity contribution is 5.88. The van der Waals surface area contributed by atoms with Crippen molar-refractivity contribution in [2.45, 2.75) is 118 Å². The molecule has 0 bridgehead atoms. The van der Waals surface area contributed by atoms with Crippen molar-refractivity contribution < 1.29 is 14.7 Å². The third-order valence-electron chi connectivity index (χ3n) is 17.6. The summed E-state index contributed by atoms with van der Waals surface area (Å²) in [4.78, 5) is 28.9. The number of nitrogens with zero attached hydrogens (tertiary/aromatic N) is 2. The number of rotatable bonds is 8. The molecule has 0 radical (unpaired) electrons. The van der Waals surface area contributed by atoms with Crippen LogP contribution in [0.25, 0.3) is 5.57 Å². The number of hydrogen-bond donors (Lipinski definition) is 2. The van der Waals surface area contributed by atoms with E-state index in [9.17, 15) is 14.7 Å². The molecule has 2 N–H and O–H groups in total. The van der Waals surface area contributed by atoms with Crippen LogP contribution in [-0.2, 0) is 4.79 Å². The Morgan fingerprint density at radius 3 is 2.21 bits per heavy atom. The highest BCUT2D eigenvalue weighted by Crippen LogP contribution is 2.76. The summed E-state index contributed by atoms with van der Waals surface area (Å²) >= 11 is 0. The molecular formula is C46H67N3O3. The van der Waals surface area contributed by atoms with Gasteiger partial charge in [0.15, 0.2) is 0 Å². The Balaban J connectivity index is 1.01. The zero-order chi connectivity index (χ0) is 36.8. The zero-order valence-electron chi connectivity index (χ0n) is 33.2. The van der Waals surface area contributed by atoms with Gasteiger partial charge >= 0.3 is 5.97 Å². The van der Waals surface area contributed by atoms with Gasteiger partial charge in [0.25, 0.3) is 0 Å². The number of benzene rings is 1. The van der Waals surface area contributed by atoms with Gasteiger partial charge in [-0.25, -0.2) is 4.79 Å². The van der Waals surface area contributed by atoms with Crippen molar-refractivity contribution in [1.29, 1.82) is 0 Å². The van der Waals surface area contributed by atoms with Crippen molar-refractivity contribution >= 4 is 17.4 Å². The molecular weight excluding hydrogens is 643 g/mol. The summed E-state index contributed by atoms with van der Waals surface area (Å²) in [6, 6.07) is 7.64. The molecule has 0 aromatic heterocycles. The molecule has 52 heavy (non-hydrogen) atoms. The fourth-order valence-corrected chi connectivity index (χ4v) is 14.6. The van der Waals surface area contributed by atoms with Crippen LogP contribution in [-0.4, -0.2) is 71.6 Å². The highest BCUT2D eigenvalue weighted by Gasteiger charge is 2.70. The van der Waals surface area contributed by atoms with Crippen LogP contribution in [0.4, 0.5) is 0 Å². The maximum atomic E-state index is 12.6. The highest BCUT2D eigenvalue weighted by atomic mass is 16.4. The Hall–Kier alpha value is -2.44. The molecule has 1 saturated heterocycles. The van der Waals surface area contributed by atoms with E-state index in [-0.39, 0.29) is 16.4 Å². The van der Waals surface area contributed by atoms with Gasteiger partial charge in [-0.1, -0.05) is 65.0 Å². The lowest BCUT2D eigenvalue weighted by Crippen LogP contribution is -2.68. The molecule has 7 aliphatic rings. The molecule has 1 heterocycles. The fourth-order valence-electron chi connectivity index (χ4n) is 14.6. The van der Waals surface area contributed by atoms with Crippen LogP contribution in [0.1, 0.15) is 128 Å². The van der Waals surface area contributed by atoms with Gasteiger partial charge in [0.05, 0.1) is 5.56 Å². The summed E-state index contributed by atoms with van der Waals surface area (Å²) in [5.41, 5.74) is 5.46. The molecule has 6 heteroatoms. The quantitative estimate of drug-likeness (QED) is 0.264. The Bertz CT molecular complexity index is 1620. The van der Waals surface area contributed by atoms with Crippen LogP contribution in [0.5, 0.6) is 0 Å². The van der Waals surface area contributed by atoms with Crippen LogP contribution in [0, 0.1) is 57.2 Å². The summed E-state index contributed by atoms with van der Waals surface area (Å²) in [5, 5.41) is 13.8. The molecule has 1 aromatic rings. The number of piperazine rings is 1. The summed E-state index contributed by atoms with van der Waals surface area (Å²) in [6.45, 7) is 26.0. The molecule has 1 aromatic carbocycles. The number of amides is 1. The molecule has 284 valence electrons. The summed E-state index contributed by atoms with van der Waals surface area (Å²) in [6.07, 6.45) is 16.3. The number of carboxylic acid groups (broad SMARTS) is 1. The van der Waals surface area contributed by atoms with E-state index < -0.39 is 5.97 Å². The van der Waals surface area contributed by atoms with Crippen molar-refractivity contribution in [2.24, 2.45) is 57.2 Å². The number of carbonyl (C=O) groups is 2. The molecule has 6 fully saturated rings. The van der Waals surface area contributed by atoms with Crippen LogP contribution >= 0.6 is 0 Å². The maximum Gasteiger partial charge on any atom is 0.335 e. The minimum Gasteiger partial charge on any atom is -0.478 e.